The van der Waals surface area contributed by atoms with Crippen molar-refractivity contribution in [2.75, 3.05) is 0 Å². The maximum absolute atomic E-state index is 12.6. The van der Waals surface area contributed by atoms with Crippen LogP contribution in [0, 0.1) is 0 Å². The SMILES string of the molecule is CC(OC(=O)c1cccc(CN2C(=O)c3ccccc3C2=O)c1)C(=O)NC(=O)NC1CCCCC1. The molecule has 1 unspecified atom stereocenters. The third kappa shape index (κ3) is 5.56. The first kappa shape index (κ1) is 24.1. The highest BCUT2D eigenvalue weighted by molar-refractivity contribution is 6.21. The summed E-state index contributed by atoms with van der Waals surface area (Å²) in [5.41, 5.74) is 1.41. The molecule has 1 saturated carbocycles. The van der Waals surface area contributed by atoms with Gasteiger partial charge in [-0.25, -0.2) is 9.59 Å². The summed E-state index contributed by atoms with van der Waals surface area (Å²) in [6, 6.07) is 12.3. The summed E-state index contributed by atoms with van der Waals surface area (Å²) in [7, 11) is 0. The smallest absolute Gasteiger partial charge is 0.338 e. The Bertz CT molecular complexity index is 1140. The molecule has 0 radical (unpaired) electrons. The second-order valence-electron chi connectivity index (χ2n) is 8.79. The number of hydrogen-bond acceptors (Lipinski definition) is 6. The number of esters is 1. The minimum atomic E-state index is -1.19. The topological polar surface area (TPSA) is 122 Å². The molecule has 2 aromatic rings. The van der Waals surface area contributed by atoms with Crippen LogP contribution in [0.25, 0.3) is 0 Å². The molecular formula is C26H27N3O6. The van der Waals surface area contributed by atoms with Gasteiger partial charge in [0.05, 0.1) is 23.2 Å². The number of ether oxygens (including phenoxy) is 1. The number of amides is 5. The number of hydrogen-bond donors (Lipinski definition) is 2. The van der Waals surface area contributed by atoms with Crippen LogP contribution < -0.4 is 10.6 Å². The van der Waals surface area contributed by atoms with E-state index in [-0.39, 0.29) is 18.2 Å². The van der Waals surface area contributed by atoms with E-state index in [1.165, 1.54) is 19.1 Å². The molecule has 0 bridgehead atoms. The van der Waals surface area contributed by atoms with Crippen LogP contribution in [0.3, 0.4) is 0 Å². The first-order valence-corrected chi connectivity index (χ1v) is 11.7. The fraction of sp³-hybridized carbons (Fsp3) is 0.346. The molecule has 1 aliphatic carbocycles. The minimum Gasteiger partial charge on any atom is -0.449 e. The molecule has 9 heteroatoms. The number of fused-ring (bicyclic) bond motifs is 1. The molecule has 35 heavy (non-hydrogen) atoms. The number of benzene rings is 2. The average molecular weight is 478 g/mol. The Hall–Kier alpha value is -4.01. The molecule has 1 atom stereocenters. The maximum Gasteiger partial charge on any atom is 0.338 e. The molecule has 0 saturated heterocycles. The van der Waals surface area contributed by atoms with Crippen molar-refractivity contribution >= 4 is 29.7 Å². The lowest BCUT2D eigenvalue weighted by Crippen LogP contribution is -2.48. The third-order valence-electron chi connectivity index (χ3n) is 6.21. The zero-order chi connectivity index (χ0) is 24.9. The van der Waals surface area contributed by atoms with Gasteiger partial charge in [0.15, 0.2) is 6.10 Å². The first-order valence-electron chi connectivity index (χ1n) is 11.7. The van der Waals surface area contributed by atoms with Gasteiger partial charge < -0.3 is 10.1 Å². The van der Waals surface area contributed by atoms with E-state index in [1.54, 1.807) is 36.4 Å². The van der Waals surface area contributed by atoms with Crippen molar-refractivity contribution < 1.29 is 28.7 Å². The molecule has 1 heterocycles. The van der Waals surface area contributed by atoms with Gasteiger partial charge >= 0.3 is 12.0 Å². The number of nitrogens with one attached hydrogen (secondary N) is 2. The van der Waals surface area contributed by atoms with Gasteiger partial charge in [-0.15, -0.1) is 0 Å². The van der Waals surface area contributed by atoms with Gasteiger partial charge in [0, 0.05) is 6.04 Å². The summed E-state index contributed by atoms with van der Waals surface area (Å²) >= 11 is 0. The summed E-state index contributed by atoms with van der Waals surface area (Å²) < 4.78 is 5.23. The number of carbonyl (C=O) groups is 5. The van der Waals surface area contributed by atoms with Crippen molar-refractivity contribution in [2.24, 2.45) is 0 Å². The Kier molecular flexibility index (Phi) is 7.24. The molecule has 1 fully saturated rings. The molecule has 2 aromatic carbocycles. The zero-order valence-electron chi connectivity index (χ0n) is 19.4. The van der Waals surface area contributed by atoms with Crippen molar-refractivity contribution in [1.82, 2.24) is 15.5 Å². The van der Waals surface area contributed by atoms with E-state index in [0.29, 0.717) is 16.7 Å². The Morgan fingerprint density at radius 2 is 1.63 bits per heavy atom. The highest BCUT2D eigenvalue weighted by atomic mass is 16.5. The van der Waals surface area contributed by atoms with Crippen molar-refractivity contribution in [2.45, 2.75) is 57.7 Å². The van der Waals surface area contributed by atoms with Gasteiger partial charge in [-0.2, -0.15) is 0 Å². The molecule has 0 aromatic heterocycles. The van der Waals surface area contributed by atoms with E-state index in [1.807, 2.05) is 0 Å². The molecule has 5 amide bonds. The second-order valence-corrected chi connectivity index (χ2v) is 8.79. The van der Waals surface area contributed by atoms with Gasteiger partial charge in [-0.3, -0.25) is 24.6 Å². The van der Waals surface area contributed by atoms with E-state index in [2.05, 4.69) is 10.6 Å². The Labute approximate surface area is 202 Å². The summed E-state index contributed by atoms with van der Waals surface area (Å²) in [6.07, 6.45) is 3.79. The van der Waals surface area contributed by atoms with E-state index in [0.717, 1.165) is 37.0 Å². The summed E-state index contributed by atoms with van der Waals surface area (Å²) in [6.45, 7) is 1.37. The second kappa shape index (κ2) is 10.5. The summed E-state index contributed by atoms with van der Waals surface area (Å²) in [4.78, 5) is 63.3. The number of imide groups is 2. The summed E-state index contributed by atoms with van der Waals surface area (Å²) in [5.74, 6) is -2.27. The van der Waals surface area contributed by atoms with Crippen LogP contribution in [0.5, 0.6) is 0 Å². The minimum absolute atomic E-state index is 0.00908. The molecule has 9 nitrogen and oxygen atoms in total. The van der Waals surface area contributed by atoms with Gasteiger partial charge in [0.2, 0.25) is 0 Å². The first-order chi connectivity index (χ1) is 16.8. The molecule has 2 N–H and O–H groups in total. The lowest BCUT2D eigenvalue weighted by atomic mass is 9.96. The van der Waals surface area contributed by atoms with Crippen molar-refractivity contribution in [3.05, 3.63) is 70.8 Å². The largest absolute Gasteiger partial charge is 0.449 e. The van der Waals surface area contributed by atoms with Crippen LogP contribution in [0.4, 0.5) is 4.79 Å². The average Bonchev–Trinajstić information content (AvgIpc) is 3.09. The number of urea groups is 1. The summed E-state index contributed by atoms with van der Waals surface area (Å²) in [5, 5.41) is 4.99. The van der Waals surface area contributed by atoms with Crippen molar-refractivity contribution in [3.63, 3.8) is 0 Å². The third-order valence-corrected chi connectivity index (χ3v) is 6.21. The molecular weight excluding hydrogens is 450 g/mol. The maximum atomic E-state index is 12.6. The Balaban J connectivity index is 1.33. The lowest BCUT2D eigenvalue weighted by Gasteiger charge is -2.23. The highest BCUT2D eigenvalue weighted by Crippen LogP contribution is 2.24. The fourth-order valence-corrected chi connectivity index (χ4v) is 4.33. The van der Waals surface area contributed by atoms with Gasteiger partial charge in [0.25, 0.3) is 17.7 Å². The van der Waals surface area contributed by atoms with E-state index in [9.17, 15) is 24.0 Å². The van der Waals surface area contributed by atoms with Crippen LogP contribution >= 0.6 is 0 Å². The standard InChI is InChI=1S/C26H27N3O6/c1-16(22(30)28-26(34)27-19-10-3-2-4-11-19)35-25(33)18-9-7-8-17(14-18)15-29-23(31)20-12-5-6-13-21(20)24(29)32/h5-9,12-14,16,19H,2-4,10-11,15H2,1H3,(H2,27,28,30,34). The lowest BCUT2D eigenvalue weighted by molar-refractivity contribution is -0.127. The highest BCUT2D eigenvalue weighted by Gasteiger charge is 2.35. The van der Waals surface area contributed by atoms with E-state index in [4.69, 9.17) is 4.74 Å². The molecule has 0 spiro atoms. The van der Waals surface area contributed by atoms with Gasteiger partial charge in [-0.1, -0.05) is 43.5 Å². The molecule has 182 valence electrons. The predicted molar refractivity (Wildman–Crippen MR) is 126 cm³/mol. The van der Waals surface area contributed by atoms with E-state index >= 15 is 0 Å². The Morgan fingerprint density at radius 1 is 0.971 bits per heavy atom. The number of nitrogens with zero attached hydrogens (tertiary/aromatic N) is 1. The van der Waals surface area contributed by atoms with Gasteiger partial charge in [0.1, 0.15) is 0 Å². The van der Waals surface area contributed by atoms with Crippen LogP contribution in [0.2, 0.25) is 0 Å². The predicted octanol–water partition coefficient (Wildman–Crippen LogP) is 3.19. The quantitative estimate of drug-likeness (QED) is 0.487. The molecule has 2 aliphatic rings. The monoisotopic (exact) mass is 477 g/mol. The van der Waals surface area contributed by atoms with Gasteiger partial charge in [-0.05, 0) is 49.6 Å². The van der Waals surface area contributed by atoms with Crippen LogP contribution in [-0.2, 0) is 16.1 Å². The molecule has 1 aliphatic heterocycles. The zero-order valence-corrected chi connectivity index (χ0v) is 19.4. The van der Waals surface area contributed by atoms with Crippen LogP contribution in [0.15, 0.2) is 48.5 Å². The van der Waals surface area contributed by atoms with Crippen LogP contribution in [0.1, 0.15) is 75.7 Å². The normalized spacial score (nSPS) is 16.4. The van der Waals surface area contributed by atoms with Crippen molar-refractivity contribution in [3.8, 4) is 0 Å². The van der Waals surface area contributed by atoms with Crippen LogP contribution in [-0.4, -0.2) is 46.8 Å². The Morgan fingerprint density at radius 3 is 2.29 bits per heavy atom. The molecule has 4 rings (SSSR count). The fourth-order valence-electron chi connectivity index (χ4n) is 4.33. The number of rotatable bonds is 6. The van der Waals surface area contributed by atoms with E-state index < -0.39 is 35.8 Å². The number of carbonyl (C=O) groups excluding carboxylic acids is 5. The van der Waals surface area contributed by atoms with Crippen molar-refractivity contribution in [1.29, 1.82) is 0 Å².